The van der Waals surface area contributed by atoms with Gasteiger partial charge in [-0.05, 0) is 18.4 Å². The van der Waals surface area contributed by atoms with Crippen LogP contribution in [0.3, 0.4) is 0 Å². The number of hydrogen-bond donors (Lipinski definition) is 0. The molecule has 0 fully saturated rings. The Hall–Kier alpha value is -0.770. The van der Waals surface area contributed by atoms with Crippen LogP contribution in [0, 0.1) is 12.1 Å². The van der Waals surface area contributed by atoms with Gasteiger partial charge in [0.1, 0.15) is 6.17 Å². The third-order valence-corrected chi connectivity index (χ3v) is 0.980. The first-order valence-electron chi connectivity index (χ1n) is 3.18. The van der Waals surface area contributed by atoms with Crippen LogP contribution in [0.4, 0.5) is 4.39 Å². The predicted octanol–water partition coefficient (Wildman–Crippen LogP) is 2.66. The molecule has 0 aliphatic heterocycles. The van der Waals surface area contributed by atoms with E-state index in [2.05, 4.69) is 12.8 Å². The highest BCUT2D eigenvalue weighted by molar-refractivity contribution is 5.11. The minimum absolute atomic E-state index is 1.01. The van der Waals surface area contributed by atoms with Crippen LogP contribution in [0.5, 0.6) is 0 Å². The Morgan fingerprint density at radius 2 is 2.33 bits per heavy atom. The highest BCUT2D eigenvalue weighted by Gasteiger charge is 1.74. The topological polar surface area (TPSA) is 0 Å². The maximum atomic E-state index is 11.1. The normalized spacial score (nSPS) is 9.11. The van der Waals surface area contributed by atoms with Gasteiger partial charge in [-0.25, -0.2) is 0 Å². The minimum Gasteiger partial charge on any atom is -0.144 e. The van der Waals surface area contributed by atoms with E-state index >= 15 is 0 Å². The lowest BCUT2D eigenvalue weighted by Crippen LogP contribution is -1.64. The van der Waals surface area contributed by atoms with Crippen molar-refractivity contribution in [3.63, 3.8) is 0 Å². The van der Waals surface area contributed by atoms with Crippen molar-refractivity contribution in [2.45, 2.75) is 26.2 Å². The van der Waals surface area contributed by atoms with Gasteiger partial charge in [-0.3, -0.25) is 0 Å². The molecule has 0 nitrogen and oxygen atoms in total. The molecule has 0 aromatic carbocycles. The number of rotatable bonds is 3. The molecule has 0 saturated heterocycles. The summed E-state index contributed by atoms with van der Waals surface area (Å²) in [6, 6.07) is 0. The van der Waals surface area contributed by atoms with Crippen LogP contribution in [0.1, 0.15) is 26.2 Å². The Morgan fingerprint density at radius 1 is 1.56 bits per heavy atom. The molecule has 0 aromatic rings. The summed E-state index contributed by atoms with van der Waals surface area (Å²) in [6.07, 6.45) is 8.08. The van der Waals surface area contributed by atoms with Crippen LogP contribution in [0.2, 0.25) is 0 Å². The number of unbranched alkanes of at least 4 members (excludes halogenated alkanes) is 2. The van der Waals surface area contributed by atoms with Crippen molar-refractivity contribution in [1.82, 2.24) is 0 Å². The fourth-order valence-electron chi connectivity index (χ4n) is 0.496. The fraction of sp³-hybridized carbons (Fsp3) is 0.500. The van der Waals surface area contributed by atoms with Crippen molar-refractivity contribution in [3.05, 3.63) is 12.2 Å². The third-order valence-electron chi connectivity index (χ3n) is 0.980. The van der Waals surface area contributed by atoms with Crippen molar-refractivity contribution >= 4 is 0 Å². The first-order valence-corrected chi connectivity index (χ1v) is 3.18. The molecule has 0 bridgehead atoms. The van der Waals surface area contributed by atoms with Crippen molar-refractivity contribution in [3.8, 4) is 12.1 Å². The largest absolute Gasteiger partial charge is 0.144 e. The van der Waals surface area contributed by atoms with Gasteiger partial charge in [-0.15, -0.1) is 4.39 Å². The van der Waals surface area contributed by atoms with Crippen LogP contribution < -0.4 is 0 Å². The number of allylic oxidation sites excluding steroid dienone is 2. The molecule has 9 heavy (non-hydrogen) atoms. The van der Waals surface area contributed by atoms with E-state index < -0.39 is 0 Å². The monoisotopic (exact) mass is 126 g/mol. The summed E-state index contributed by atoms with van der Waals surface area (Å²) >= 11 is 0. The van der Waals surface area contributed by atoms with E-state index in [1.165, 1.54) is 12.6 Å². The Balaban J connectivity index is 3.11. The lowest BCUT2D eigenvalue weighted by molar-refractivity contribution is 0.774. The second kappa shape index (κ2) is 7.23. The van der Waals surface area contributed by atoms with E-state index in [0.717, 1.165) is 12.8 Å². The zero-order valence-electron chi connectivity index (χ0n) is 5.65. The summed E-state index contributed by atoms with van der Waals surface area (Å²) in [5.74, 6) is 2.21. The highest BCUT2D eigenvalue weighted by Crippen LogP contribution is 1.93. The molecule has 0 N–H and O–H groups in total. The molecule has 0 aromatic heterocycles. The molecular formula is C8H11F. The summed E-state index contributed by atoms with van der Waals surface area (Å²) in [5.41, 5.74) is 0. The van der Waals surface area contributed by atoms with Gasteiger partial charge in [0, 0.05) is 0 Å². The molecule has 0 aliphatic carbocycles. The Kier molecular flexibility index (Phi) is 6.61. The molecule has 1 heteroatoms. The molecule has 0 radical (unpaired) electrons. The van der Waals surface area contributed by atoms with E-state index in [0.29, 0.717) is 0 Å². The molecule has 0 heterocycles. The lowest BCUT2D eigenvalue weighted by Gasteiger charge is -1.83. The summed E-state index contributed by atoms with van der Waals surface area (Å²) in [4.78, 5) is 0. The summed E-state index contributed by atoms with van der Waals surface area (Å²) in [5, 5.41) is 0. The molecule has 0 spiro atoms. The van der Waals surface area contributed by atoms with Crippen LogP contribution in [0.15, 0.2) is 12.2 Å². The average Bonchev–Trinajstić information content (AvgIpc) is 1.89. The van der Waals surface area contributed by atoms with Gasteiger partial charge in [0.25, 0.3) is 0 Å². The van der Waals surface area contributed by atoms with E-state index in [4.69, 9.17) is 0 Å². The van der Waals surface area contributed by atoms with Crippen LogP contribution >= 0.6 is 0 Å². The van der Waals surface area contributed by atoms with Crippen molar-refractivity contribution < 1.29 is 4.39 Å². The smallest absolute Gasteiger partial charge is 0.110 e. The SMILES string of the molecule is CCCC/C=C/C#CF. The lowest BCUT2D eigenvalue weighted by atomic mass is 10.2. The maximum absolute atomic E-state index is 11.1. The Morgan fingerprint density at radius 3 is 2.89 bits per heavy atom. The molecule has 50 valence electrons. The minimum atomic E-state index is 1.01. The molecule has 0 rings (SSSR count). The summed E-state index contributed by atoms with van der Waals surface area (Å²) in [6.45, 7) is 2.12. The first-order chi connectivity index (χ1) is 4.41. The molecule has 0 amide bonds. The van der Waals surface area contributed by atoms with Crippen LogP contribution in [0.25, 0.3) is 0 Å². The molecule has 0 unspecified atom stereocenters. The van der Waals surface area contributed by atoms with Crippen molar-refractivity contribution in [1.29, 1.82) is 0 Å². The van der Waals surface area contributed by atoms with Gasteiger partial charge in [-0.1, -0.05) is 25.8 Å². The quantitative estimate of drug-likeness (QED) is 0.403. The highest BCUT2D eigenvalue weighted by atomic mass is 19.1. The zero-order chi connectivity index (χ0) is 6.95. The van der Waals surface area contributed by atoms with Crippen LogP contribution in [-0.2, 0) is 0 Å². The summed E-state index contributed by atoms with van der Waals surface area (Å²) in [7, 11) is 0. The average molecular weight is 126 g/mol. The molecule has 0 atom stereocenters. The third kappa shape index (κ3) is 7.23. The predicted molar refractivity (Wildman–Crippen MR) is 37.5 cm³/mol. The van der Waals surface area contributed by atoms with Crippen molar-refractivity contribution in [2.75, 3.05) is 0 Å². The zero-order valence-corrected chi connectivity index (χ0v) is 5.65. The number of halogens is 1. The van der Waals surface area contributed by atoms with E-state index in [1.54, 1.807) is 6.08 Å². The first kappa shape index (κ1) is 8.23. The van der Waals surface area contributed by atoms with Gasteiger partial charge in [0.15, 0.2) is 0 Å². The Bertz CT molecular complexity index is 125. The van der Waals surface area contributed by atoms with Gasteiger partial charge in [-0.2, -0.15) is 0 Å². The summed E-state index contributed by atoms with van der Waals surface area (Å²) < 4.78 is 11.1. The molecule has 0 aliphatic rings. The van der Waals surface area contributed by atoms with E-state index in [9.17, 15) is 4.39 Å². The van der Waals surface area contributed by atoms with Gasteiger partial charge in [0.05, 0.1) is 0 Å². The second-order valence-electron chi connectivity index (χ2n) is 1.78. The van der Waals surface area contributed by atoms with E-state index in [-0.39, 0.29) is 0 Å². The van der Waals surface area contributed by atoms with E-state index in [1.807, 2.05) is 6.08 Å². The number of hydrogen-bond acceptors (Lipinski definition) is 0. The van der Waals surface area contributed by atoms with Crippen molar-refractivity contribution in [2.24, 2.45) is 0 Å². The molecule has 0 saturated carbocycles. The van der Waals surface area contributed by atoms with Gasteiger partial charge >= 0.3 is 0 Å². The molecular weight excluding hydrogens is 115 g/mol. The van der Waals surface area contributed by atoms with Gasteiger partial charge in [0.2, 0.25) is 0 Å². The Labute approximate surface area is 55.8 Å². The van der Waals surface area contributed by atoms with Gasteiger partial charge < -0.3 is 0 Å². The fourth-order valence-corrected chi connectivity index (χ4v) is 0.496. The standard InChI is InChI=1S/C8H11F/c1-2-3-4-5-6-7-8-9/h5-6H,2-4H2,1H3/b6-5+. The second-order valence-corrected chi connectivity index (χ2v) is 1.78. The maximum Gasteiger partial charge on any atom is 0.110 e. The van der Waals surface area contributed by atoms with Crippen LogP contribution in [-0.4, -0.2) is 0 Å².